The van der Waals surface area contributed by atoms with Crippen LogP contribution in [0.5, 0.6) is 11.5 Å². The molecule has 1 aromatic heterocycles. The number of ether oxygens (including phenoxy) is 2. The Morgan fingerprint density at radius 1 is 1.35 bits per heavy atom. The smallest absolute Gasteiger partial charge is 0.240 e. The van der Waals surface area contributed by atoms with Crippen LogP contribution in [0.4, 0.5) is 4.39 Å². The lowest BCUT2D eigenvalue weighted by molar-refractivity contribution is 0.297. The number of fused-ring (bicyclic) bond motifs is 1. The molecule has 1 aromatic carbocycles. The van der Waals surface area contributed by atoms with Crippen molar-refractivity contribution in [2.45, 2.75) is 13.0 Å². The fourth-order valence-corrected chi connectivity index (χ4v) is 2.08. The van der Waals surface area contributed by atoms with E-state index >= 15 is 0 Å². The molecular weight excluding hydrogens is 289 g/mol. The third-order valence-electron chi connectivity index (χ3n) is 2.80. The Bertz CT molecular complexity index is 647. The van der Waals surface area contributed by atoms with E-state index in [-0.39, 0.29) is 34.6 Å². The summed E-state index contributed by atoms with van der Waals surface area (Å²) < 4.78 is 30.2. The summed E-state index contributed by atoms with van der Waals surface area (Å²) in [5.41, 5.74) is 5.43. The van der Waals surface area contributed by atoms with Crippen LogP contribution in [0.15, 0.2) is 10.6 Å². The van der Waals surface area contributed by atoms with Gasteiger partial charge in [0, 0.05) is 12.5 Å². The molecule has 8 heteroatoms. The van der Waals surface area contributed by atoms with Gasteiger partial charge in [-0.1, -0.05) is 16.8 Å². The molecule has 1 aliphatic heterocycles. The minimum Gasteiger partial charge on any atom is -0.489 e. The summed E-state index contributed by atoms with van der Waals surface area (Å²) in [6, 6.07) is 1.38. The number of hydrogen-bond donors (Lipinski definition) is 1. The van der Waals surface area contributed by atoms with Gasteiger partial charge in [0.05, 0.1) is 24.8 Å². The van der Waals surface area contributed by atoms with Gasteiger partial charge >= 0.3 is 0 Å². The van der Waals surface area contributed by atoms with Crippen molar-refractivity contribution >= 4 is 11.6 Å². The Morgan fingerprint density at radius 2 is 2.15 bits per heavy atom. The normalized spacial score (nSPS) is 14.2. The Balaban J connectivity index is 2.19. The van der Waals surface area contributed by atoms with Gasteiger partial charge in [-0.3, -0.25) is 0 Å². The largest absolute Gasteiger partial charge is 0.489 e. The summed E-state index contributed by atoms with van der Waals surface area (Å²) in [4.78, 5) is 4.00. The van der Waals surface area contributed by atoms with Crippen LogP contribution in [0, 0.1) is 5.82 Å². The van der Waals surface area contributed by atoms with Crippen LogP contribution < -0.4 is 15.2 Å². The zero-order valence-corrected chi connectivity index (χ0v) is 11.1. The molecule has 2 heterocycles. The average molecular weight is 300 g/mol. The summed E-state index contributed by atoms with van der Waals surface area (Å²) in [5, 5.41) is 3.60. The van der Waals surface area contributed by atoms with Gasteiger partial charge in [-0.25, -0.2) is 4.39 Å². The van der Waals surface area contributed by atoms with Gasteiger partial charge < -0.3 is 19.7 Å². The van der Waals surface area contributed by atoms with Crippen LogP contribution >= 0.6 is 11.6 Å². The standard InChI is InChI=1S/C12H11ClFN3O3/c13-6-4-7-11(19-3-1-2-18-7)9(10(6)14)12-16-8(5-15)20-17-12/h4H,1-3,5,15H2. The monoisotopic (exact) mass is 299 g/mol. The van der Waals surface area contributed by atoms with Gasteiger partial charge in [-0.05, 0) is 0 Å². The van der Waals surface area contributed by atoms with E-state index in [1.54, 1.807) is 0 Å². The van der Waals surface area contributed by atoms with E-state index in [1.165, 1.54) is 6.07 Å². The van der Waals surface area contributed by atoms with Crippen molar-refractivity contribution in [3.63, 3.8) is 0 Å². The van der Waals surface area contributed by atoms with E-state index in [0.717, 1.165) is 0 Å². The number of benzene rings is 1. The quantitative estimate of drug-likeness (QED) is 0.915. The Labute approximate surface area is 118 Å². The van der Waals surface area contributed by atoms with Crippen LogP contribution in [0.3, 0.4) is 0 Å². The highest BCUT2D eigenvalue weighted by atomic mass is 35.5. The molecule has 0 atom stereocenters. The Morgan fingerprint density at radius 3 is 2.90 bits per heavy atom. The van der Waals surface area contributed by atoms with Gasteiger partial charge in [0.25, 0.3) is 0 Å². The minimum absolute atomic E-state index is 0.0258. The molecule has 20 heavy (non-hydrogen) atoms. The van der Waals surface area contributed by atoms with Crippen LogP contribution in [-0.4, -0.2) is 23.4 Å². The SMILES string of the molecule is NCc1nc(-c2c(F)c(Cl)cc3c2OCCCO3)no1. The maximum atomic E-state index is 14.3. The topological polar surface area (TPSA) is 83.4 Å². The third-order valence-corrected chi connectivity index (χ3v) is 3.07. The second-order valence-electron chi connectivity index (χ2n) is 4.14. The van der Waals surface area contributed by atoms with E-state index in [9.17, 15) is 4.39 Å². The van der Waals surface area contributed by atoms with Crippen LogP contribution in [0.2, 0.25) is 5.02 Å². The molecule has 0 saturated carbocycles. The molecule has 0 spiro atoms. The van der Waals surface area contributed by atoms with Crippen molar-refractivity contribution in [1.29, 1.82) is 0 Å². The molecule has 0 fully saturated rings. The summed E-state index contributed by atoms with van der Waals surface area (Å²) in [7, 11) is 0. The molecule has 2 aromatic rings. The molecular formula is C12H11ClFN3O3. The first-order valence-electron chi connectivity index (χ1n) is 6.01. The maximum absolute atomic E-state index is 14.3. The second-order valence-corrected chi connectivity index (χ2v) is 4.55. The second kappa shape index (κ2) is 5.26. The number of nitrogens with two attached hydrogens (primary N) is 1. The van der Waals surface area contributed by atoms with Crippen molar-refractivity contribution in [3.8, 4) is 22.9 Å². The minimum atomic E-state index is -0.680. The first-order valence-corrected chi connectivity index (χ1v) is 6.39. The van der Waals surface area contributed by atoms with Gasteiger partial charge in [0.2, 0.25) is 11.7 Å². The molecule has 2 N–H and O–H groups in total. The van der Waals surface area contributed by atoms with Gasteiger partial charge in [0.15, 0.2) is 17.3 Å². The van der Waals surface area contributed by atoms with Crippen LogP contribution in [0.1, 0.15) is 12.3 Å². The molecule has 0 aliphatic carbocycles. The maximum Gasteiger partial charge on any atom is 0.240 e. The lowest BCUT2D eigenvalue weighted by Crippen LogP contribution is -2.00. The van der Waals surface area contributed by atoms with Crippen molar-refractivity contribution in [2.24, 2.45) is 5.73 Å². The van der Waals surface area contributed by atoms with Crippen LogP contribution in [-0.2, 0) is 6.54 Å². The first-order chi connectivity index (χ1) is 9.70. The van der Waals surface area contributed by atoms with E-state index in [4.69, 9.17) is 31.3 Å². The zero-order chi connectivity index (χ0) is 14.1. The van der Waals surface area contributed by atoms with Gasteiger partial charge in [-0.15, -0.1) is 0 Å². The number of aromatic nitrogens is 2. The Kier molecular flexibility index (Phi) is 3.45. The molecule has 0 radical (unpaired) electrons. The van der Waals surface area contributed by atoms with E-state index in [2.05, 4.69) is 10.1 Å². The summed E-state index contributed by atoms with van der Waals surface area (Å²) >= 11 is 5.87. The Hall–Kier alpha value is -1.86. The lowest BCUT2D eigenvalue weighted by atomic mass is 10.1. The fourth-order valence-electron chi connectivity index (χ4n) is 1.89. The molecule has 0 saturated heterocycles. The van der Waals surface area contributed by atoms with E-state index in [0.29, 0.717) is 25.4 Å². The number of hydrogen-bond acceptors (Lipinski definition) is 6. The van der Waals surface area contributed by atoms with E-state index < -0.39 is 5.82 Å². The predicted molar refractivity (Wildman–Crippen MR) is 68.2 cm³/mol. The van der Waals surface area contributed by atoms with E-state index in [1.807, 2.05) is 0 Å². The lowest BCUT2D eigenvalue weighted by Gasteiger charge is -2.12. The molecule has 0 amide bonds. The van der Waals surface area contributed by atoms with Gasteiger partial charge in [-0.2, -0.15) is 4.98 Å². The molecule has 106 valence electrons. The number of rotatable bonds is 2. The van der Waals surface area contributed by atoms with Crippen molar-refractivity contribution in [1.82, 2.24) is 10.1 Å². The molecule has 1 aliphatic rings. The van der Waals surface area contributed by atoms with Crippen molar-refractivity contribution in [3.05, 3.63) is 22.8 Å². The van der Waals surface area contributed by atoms with Crippen molar-refractivity contribution in [2.75, 3.05) is 13.2 Å². The molecule has 0 unspecified atom stereocenters. The number of nitrogens with zero attached hydrogens (tertiary/aromatic N) is 2. The summed E-state index contributed by atoms with van der Waals surface area (Å²) in [6.45, 7) is 0.937. The average Bonchev–Trinajstić information content (AvgIpc) is 2.80. The van der Waals surface area contributed by atoms with Gasteiger partial charge in [0.1, 0.15) is 5.56 Å². The molecule has 3 rings (SSSR count). The van der Waals surface area contributed by atoms with Crippen molar-refractivity contribution < 1.29 is 18.4 Å². The summed E-state index contributed by atoms with van der Waals surface area (Å²) in [6.07, 6.45) is 0.688. The highest BCUT2D eigenvalue weighted by molar-refractivity contribution is 6.31. The zero-order valence-electron chi connectivity index (χ0n) is 10.4. The summed E-state index contributed by atoms with van der Waals surface area (Å²) in [5.74, 6) is 0.145. The highest BCUT2D eigenvalue weighted by Gasteiger charge is 2.26. The molecule has 0 bridgehead atoms. The van der Waals surface area contributed by atoms with Crippen LogP contribution in [0.25, 0.3) is 11.4 Å². The highest BCUT2D eigenvalue weighted by Crippen LogP contribution is 2.43. The third kappa shape index (κ3) is 2.19. The first kappa shape index (κ1) is 13.1. The predicted octanol–water partition coefficient (Wildman–Crippen LogP) is 2.15. The fraction of sp³-hybridized carbons (Fsp3) is 0.333. The molecule has 6 nitrogen and oxygen atoms in total. The number of halogens is 2.